The summed E-state index contributed by atoms with van der Waals surface area (Å²) in [5.41, 5.74) is 3.40. The lowest BCUT2D eigenvalue weighted by Gasteiger charge is -2.26. The first-order valence-corrected chi connectivity index (χ1v) is 4.37. The molecule has 0 aromatic heterocycles. The van der Waals surface area contributed by atoms with Crippen molar-refractivity contribution in [1.29, 1.82) is 0 Å². The van der Waals surface area contributed by atoms with Crippen molar-refractivity contribution in [3.8, 4) is 0 Å². The molecular formula is C11H12FN. The van der Waals surface area contributed by atoms with Crippen LogP contribution in [0.5, 0.6) is 0 Å². The van der Waals surface area contributed by atoms with Crippen LogP contribution in [0.2, 0.25) is 0 Å². The van der Waals surface area contributed by atoms with Crippen molar-refractivity contribution in [1.82, 2.24) is 0 Å². The maximum atomic E-state index is 12.9. The molecule has 2 rings (SSSR count). The summed E-state index contributed by atoms with van der Waals surface area (Å²) in [6, 6.07) is 4.95. The fourth-order valence-electron chi connectivity index (χ4n) is 1.63. The molecule has 0 bridgehead atoms. The first kappa shape index (κ1) is 8.30. The van der Waals surface area contributed by atoms with Gasteiger partial charge in [-0.15, -0.1) is 0 Å². The maximum Gasteiger partial charge on any atom is 0.123 e. The van der Waals surface area contributed by atoms with Crippen LogP contribution in [0, 0.1) is 5.82 Å². The molecule has 1 aromatic rings. The standard InChI is InChI=1S/C11H12FN/c1-8-3-4-9-7-10(12)5-6-11(9)13(8)2/h3,5-7H,4H2,1-2H3. The van der Waals surface area contributed by atoms with Crippen molar-refractivity contribution < 1.29 is 4.39 Å². The summed E-state index contributed by atoms with van der Waals surface area (Å²) in [5.74, 6) is -0.153. The number of fused-ring (bicyclic) bond motifs is 1. The Hall–Kier alpha value is -1.31. The number of allylic oxidation sites excluding steroid dienone is 2. The van der Waals surface area contributed by atoms with Gasteiger partial charge in [0.15, 0.2) is 0 Å². The highest BCUT2D eigenvalue weighted by Gasteiger charge is 2.13. The minimum Gasteiger partial charge on any atom is -0.349 e. The third-order valence-electron chi connectivity index (χ3n) is 2.55. The number of halogens is 1. The molecule has 1 nitrogen and oxygen atoms in total. The zero-order valence-electron chi connectivity index (χ0n) is 7.84. The minimum atomic E-state index is -0.153. The first-order valence-electron chi connectivity index (χ1n) is 4.37. The minimum absolute atomic E-state index is 0.153. The third-order valence-corrected chi connectivity index (χ3v) is 2.55. The normalized spacial score (nSPS) is 15.3. The molecule has 2 heteroatoms. The second kappa shape index (κ2) is 2.87. The van der Waals surface area contributed by atoms with Crippen LogP contribution in [0.15, 0.2) is 30.0 Å². The number of hydrogen-bond acceptors (Lipinski definition) is 1. The summed E-state index contributed by atoms with van der Waals surface area (Å²) in [4.78, 5) is 2.08. The monoisotopic (exact) mass is 177 g/mol. The van der Waals surface area contributed by atoms with Gasteiger partial charge in [-0.2, -0.15) is 0 Å². The Morgan fingerprint density at radius 2 is 2.15 bits per heavy atom. The molecule has 0 aliphatic carbocycles. The Morgan fingerprint density at radius 3 is 2.92 bits per heavy atom. The molecule has 68 valence electrons. The van der Waals surface area contributed by atoms with Crippen LogP contribution in [0.4, 0.5) is 10.1 Å². The van der Waals surface area contributed by atoms with Gasteiger partial charge < -0.3 is 4.90 Å². The molecule has 0 radical (unpaired) electrons. The summed E-state index contributed by atoms with van der Waals surface area (Å²) in [6.45, 7) is 2.06. The van der Waals surface area contributed by atoms with Crippen LogP contribution in [0.1, 0.15) is 12.5 Å². The van der Waals surface area contributed by atoms with E-state index < -0.39 is 0 Å². The van der Waals surface area contributed by atoms with Gasteiger partial charge in [-0.05, 0) is 37.1 Å². The van der Waals surface area contributed by atoms with E-state index in [1.54, 1.807) is 6.07 Å². The zero-order valence-corrected chi connectivity index (χ0v) is 7.84. The summed E-state index contributed by atoms with van der Waals surface area (Å²) in [5, 5.41) is 0. The van der Waals surface area contributed by atoms with E-state index in [2.05, 4.69) is 17.9 Å². The predicted molar refractivity (Wildman–Crippen MR) is 52.3 cm³/mol. The van der Waals surface area contributed by atoms with Crippen LogP contribution in [0.25, 0.3) is 0 Å². The molecule has 0 atom stereocenters. The lowest BCUT2D eigenvalue weighted by molar-refractivity contribution is 0.625. The Kier molecular flexibility index (Phi) is 1.83. The summed E-state index contributed by atoms with van der Waals surface area (Å²) >= 11 is 0. The molecule has 1 heterocycles. The topological polar surface area (TPSA) is 3.24 Å². The molecule has 0 spiro atoms. The molecule has 0 saturated carbocycles. The van der Waals surface area contributed by atoms with Crippen LogP contribution in [-0.2, 0) is 6.42 Å². The molecule has 1 aromatic carbocycles. The van der Waals surface area contributed by atoms with Gasteiger partial charge in [-0.3, -0.25) is 0 Å². The fourth-order valence-corrected chi connectivity index (χ4v) is 1.63. The van der Waals surface area contributed by atoms with E-state index in [1.165, 1.54) is 11.8 Å². The highest BCUT2D eigenvalue weighted by atomic mass is 19.1. The number of rotatable bonds is 0. The largest absolute Gasteiger partial charge is 0.349 e. The van der Waals surface area contributed by atoms with Gasteiger partial charge >= 0.3 is 0 Å². The number of nitrogens with zero attached hydrogens (tertiary/aromatic N) is 1. The van der Waals surface area contributed by atoms with E-state index in [0.29, 0.717) is 0 Å². The Balaban J connectivity index is 2.50. The van der Waals surface area contributed by atoms with Crippen LogP contribution >= 0.6 is 0 Å². The average Bonchev–Trinajstić information content (AvgIpc) is 2.12. The first-order chi connectivity index (χ1) is 6.18. The van der Waals surface area contributed by atoms with E-state index in [1.807, 2.05) is 13.1 Å². The van der Waals surface area contributed by atoms with E-state index in [4.69, 9.17) is 0 Å². The van der Waals surface area contributed by atoms with E-state index in [9.17, 15) is 4.39 Å². The Labute approximate surface area is 77.5 Å². The van der Waals surface area contributed by atoms with Crippen LogP contribution in [-0.4, -0.2) is 7.05 Å². The number of benzene rings is 1. The van der Waals surface area contributed by atoms with E-state index >= 15 is 0 Å². The smallest absolute Gasteiger partial charge is 0.123 e. The molecule has 0 N–H and O–H groups in total. The molecule has 0 amide bonds. The molecule has 0 saturated heterocycles. The lowest BCUT2D eigenvalue weighted by Crippen LogP contribution is -2.19. The summed E-state index contributed by atoms with van der Waals surface area (Å²) in [6.07, 6.45) is 2.95. The molecule has 1 aliphatic heterocycles. The number of anilines is 1. The van der Waals surface area contributed by atoms with Crippen LogP contribution in [0.3, 0.4) is 0 Å². The second-order valence-electron chi connectivity index (χ2n) is 3.38. The Morgan fingerprint density at radius 1 is 1.38 bits per heavy atom. The van der Waals surface area contributed by atoms with E-state index in [0.717, 1.165) is 17.7 Å². The van der Waals surface area contributed by atoms with E-state index in [-0.39, 0.29) is 5.82 Å². The van der Waals surface area contributed by atoms with Crippen molar-refractivity contribution in [3.63, 3.8) is 0 Å². The van der Waals surface area contributed by atoms with Crippen molar-refractivity contribution in [2.24, 2.45) is 0 Å². The Bertz CT molecular complexity index is 368. The van der Waals surface area contributed by atoms with Gasteiger partial charge in [0.25, 0.3) is 0 Å². The quantitative estimate of drug-likeness (QED) is 0.589. The van der Waals surface area contributed by atoms with Gasteiger partial charge in [0.2, 0.25) is 0 Å². The van der Waals surface area contributed by atoms with Crippen LogP contribution < -0.4 is 4.90 Å². The summed E-state index contributed by atoms with van der Waals surface area (Å²) < 4.78 is 12.9. The van der Waals surface area contributed by atoms with Gasteiger partial charge in [-0.1, -0.05) is 6.08 Å². The predicted octanol–water partition coefficient (Wildman–Crippen LogP) is 2.72. The van der Waals surface area contributed by atoms with Crippen molar-refractivity contribution in [2.45, 2.75) is 13.3 Å². The molecule has 0 fully saturated rings. The lowest BCUT2D eigenvalue weighted by atomic mass is 10.0. The zero-order chi connectivity index (χ0) is 9.42. The fraction of sp³-hybridized carbons (Fsp3) is 0.273. The van der Waals surface area contributed by atoms with Gasteiger partial charge in [-0.25, -0.2) is 4.39 Å². The molecule has 0 unspecified atom stereocenters. The molecule has 13 heavy (non-hydrogen) atoms. The summed E-state index contributed by atoms with van der Waals surface area (Å²) in [7, 11) is 2.00. The molecule has 1 aliphatic rings. The van der Waals surface area contributed by atoms with Gasteiger partial charge in [0.1, 0.15) is 5.82 Å². The number of hydrogen-bond donors (Lipinski definition) is 0. The SMILES string of the molecule is CC1=CCc2cc(F)ccc2N1C. The second-order valence-corrected chi connectivity index (χ2v) is 3.38. The van der Waals surface area contributed by atoms with Crippen molar-refractivity contribution in [3.05, 3.63) is 41.4 Å². The van der Waals surface area contributed by atoms with Crippen molar-refractivity contribution in [2.75, 3.05) is 11.9 Å². The third kappa shape index (κ3) is 1.32. The highest BCUT2D eigenvalue weighted by Crippen LogP contribution is 2.28. The highest BCUT2D eigenvalue weighted by molar-refractivity contribution is 5.60. The van der Waals surface area contributed by atoms with Gasteiger partial charge in [0, 0.05) is 18.4 Å². The van der Waals surface area contributed by atoms with Crippen molar-refractivity contribution >= 4 is 5.69 Å². The maximum absolute atomic E-state index is 12.9. The molecular weight excluding hydrogens is 165 g/mol. The average molecular weight is 177 g/mol. The van der Waals surface area contributed by atoms with Gasteiger partial charge in [0.05, 0.1) is 0 Å².